The Hall–Kier alpha value is -0.850. The van der Waals surface area contributed by atoms with Gasteiger partial charge >= 0.3 is 6.03 Å². The Morgan fingerprint density at radius 1 is 1.40 bits per heavy atom. The van der Waals surface area contributed by atoms with E-state index in [-0.39, 0.29) is 24.9 Å². The van der Waals surface area contributed by atoms with Gasteiger partial charge in [0.15, 0.2) is 0 Å². The molecule has 1 fully saturated rings. The molecule has 3 amide bonds. The van der Waals surface area contributed by atoms with Crippen LogP contribution in [0.1, 0.15) is 27.2 Å². The Labute approximate surface area is 127 Å². The van der Waals surface area contributed by atoms with Crippen LogP contribution in [0.4, 0.5) is 4.79 Å². The van der Waals surface area contributed by atoms with Crippen LogP contribution in [0.2, 0.25) is 0 Å². The minimum absolute atomic E-state index is 0. The normalized spacial score (nSPS) is 22.4. The fourth-order valence-corrected chi connectivity index (χ4v) is 2.30. The maximum atomic E-state index is 11.7. The number of carbonyl (C=O) groups is 2. The highest BCUT2D eigenvalue weighted by Crippen LogP contribution is 2.21. The second kappa shape index (κ2) is 9.15. The van der Waals surface area contributed by atoms with Gasteiger partial charge in [-0.2, -0.15) is 0 Å². The summed E-state index contributed by atoms with van der Waals surface area (Å²) in [6.45, 7) is 8.39. The van der Waals surface area contributed by atoms with Gasteiger partial charge in [0.05, 0.1) is 6.54 Å². The molecule has 0 saturated carbocycles. The maximum absolute atomic E-state index is 11.7. The number of hydrogen-bond acceptors (Lipinski definition) is 4. The van der Waals surface area contributed by atoms with Crippen molar-refractivity contribution in [3.8, 4) is 0 Å². The standard InChI is InChI=1S/C13H26N4O2.ClH/c1-9(2)6-15-13(19)16-12(18)8-17-7-11(5-14)4-10(17)3;/h9-11H,4-8,14H2,1-3H3,(H2,15,16,18,19);1H. The smallest absolute Gasteiger partial charge is 0.321 e. The molecule has 1 aliphatic heterocycles. The number of rotatable bonds is 5. The summed E-state index contributed by atoms with van der Waals surface area (Å²) in [4.78, 5) is 25.3. The molecule has 1 saturated heterocycles. The zero-order valence-corrected chi connectivity index (χ0v) is 13.3. The maximum Gasteiger partial charge on any atom is 0.321 e. The van der Waals surface area contributed by atoms with Crippen LogP contribution in [0.25, 0.3) is 0 Å². The zero-order valence-electron chi connectivity index (χ0n) is 12.5. The number of hydrogen-bond donors (Lipinski definition) is 3. The summed E-state index contributed by atoms with van der Waals surface area (Å²) >= 11 is 0. The molecule has 0 aromatic heterocycles. The highest BCUT2D eigenvalue weighted by molar-refractivity contribution is 5.95. The lowest BCUT2D eigenvalue weighted by molar-refractivity contribution is -0.121. The Bertz CT molecular complexity index is 325. The molecule has 0 aliphatic carbocycles. The summed E-state index contributed by atoms with van der Waals surface area (Å²) in [5.74, 6) is 0.563. The summed E-state index contributed by atoms with van der Waals surface area (Å²) < 4.78 is 0. The highest BCUT2D eigenvalue weighted by Gasteiger charge is 2.29. The Balaban J connectivity index is 0.00000361. The second-order valence-electron chi connectivity index (χ2n) is 5.77. The van der Waals surface area contributed by atoms with Crippen LogP contribution >= 0.6 is 12.4 Å². The second-order valence-corrected chi connectivity index (χ2v) is 5.77. The first-order chi connectivity index (χ1) is 8.92. The number of amides is 3. The van der Waals surface area contributed by atoms with E-state index >= 15 is 0 Å². The summed E-state index contributed by atoms with van der Waals surface area (Å²) in [6, 6.07) is -0.0704. The summed E-state index contributed by atoms with van der Waals surface area (Å²) in [7, 11) is 0. The van der Waals surface area contributed by atoms with E-state index < -0.39 is 6.03 Å². The van der Waals surface area contributed by atoms with E-state index in [2.05, 4.69) is 22.5 Å². The van der Waals surface area contributed by atoms with E-state index in [0.717, 1.165) is 13.0 Å². The first-order valence-corrected chi connectivity index (χ1v) is 6.94. The first-order valence-electron chi connectivity index (χ1n) is 6.94. The van der Waals surface area contributed by atoms with E-state index in [0.29, 0.717) is 31.0 Å². The molecule has 1 rings (SSSR count). The fraction of sp³-hybridized carbons (Fsp3) is 0.846. The number of likely N-dealkylation sites (tertiary alicyclic amines) is 1. The monoisotopic (exact) mass is 306 g/mol. The Morgan fingerprint density at radius 2 is 2.05 bits per heavy atom. The van der Waals surface area contributed by atoms with Crippen molar-refractivity contribution in [3.05, 3.63) is 0 Å². The zero-order chi connectivity index (χ0) is 14.4. The largest absolute Gasteiger partial charge is 0.338 e. The lowest BCUT2D eigenvalue weighted by atomic mass is 10.1. The van der Waals surface area contributed by atoms with Crippen molar-refractivity contribution in [2.75, 3.05) is 26.2 Å². The lowest BCUT2D eigenvalue weighted by Crippen LogP contribution is -2.46. The highest BCUT2D eigenvalue weighted by atomic mass is 35.5. The SMILES string of the molecule is CC(C)CNC(=O)NC(=O)CN1CC(CN)CC1C.Cl. The van der Waals surface area contributed by atoms with Gasteiger partial charge in [-0.3, -0.25) is 15.0 Å². The molecular weight excluding hydrogens is 280 g/mol. The predicted molar refractivity (Wildman–Crippen MR) is 81.8 cm³/mol. The van der Waals surface area contributed by atoms with Crippen LogP contribution in [0, 0.1) is 11.8 Å². The van der Waals surface area contributed by atoms with Crippen molar-refractivity contribution in [2.45, 2.75) is 33.2 Å². The van der Waals surface area contributed by atoms with Gasteiger partial charge in [-0.05, 0) is 31.7 Å². The molecule has 118 valence electrons. The molecule has 0 aromatic rings. The van der Waals surface area contributed by atoms with Gasteiger partial charge in [0.2, 0.25) is 5.91 Å². The van der Waals surface area contributed by atoms with Gasteiger partial charge in [0, 0.05) is 19.1 Å². The number of nitrogens with one attached hydrogen (secondary N) is 2. The Morgan fingerprint density at radius 3 is 2.55 bits per heavy atom. The predicted octanol–water partition coefficient (Wildman–Crippen LogP) is 0.559. The third kappa shape index (κ3) is 6.54. The van der Waals surface area contributed by atoms with Crippen molar-refractivity contribution >= 4 is 24.3 Å². The number of urea groups is 1. The van der Waals surface area contributed by atoms with Gasteiger partial charge in [0.1, 0.15) is 0 Å². The van der Waals surface area contributed by atoms with Gasteiger partial charge in [-0.25, -0.2) is 4.79 Å². The van der Waals surface area contributed by atoms with E-state index in [9.17, 15) is 9.59 Å². The van der Waals surface area contributed by atoms with E-state index in [4.69, 9.17) is 5.73 Å². The fourth-order valence-electron chi connectivity index (χ4n) is 2.30. The third-order valence-corrected chi connectivity index (χ3v) is 3.39. The third-order valence-electron chi connectivity index (χ3n) is 3.39. The van der Waals surface area contributed by atoms with Crippen molar-refractivity contribution < 1.29 is 9.59 Å². The average Bonchev–Trinajstić information content (AvgIpc) is 2.67. The van der Waals surface area contributed by atoms with E-state index in [1.54, 1.807) is 0 Å². The van der Waals surface area contributed by atoms with Gasteiger partial charge in [-0.1, -0.05) is 13.8 Å². The number of halogens is 1. The molecule has 2 atom stereocenters. The van der Waals surface area contributed by atoms with Crippen LogP contribution in [0.3, 0.4) is 0 Å². The molecule has 20 heavy (non-hydrogen) atoms. The lowest BCUT2D eigenvalue weighted by Gasteiger charge is -2.20. The quantitative estimate of drug-likeness (QED) is 0.692. The van der Waals surface area contributed by atoms with Crippen LogP contribution < -0.4 is 16.4 Å². The topological polar surface area (TPSA) is 87.5 Å². The van der Waals surface area contributed by atoms with Crippen LogP contribution in [-0.4, -0.2) is 49.1 Å². The summed E-state index contributed by atoms with van der Waals surface area (Å²) in [5, 5.41) is 5.01. The molecule has 7 heteroatoms. The first kappa shape index (κ1) is 19.1. The summed E-state index contributed by atoms with van der Waals surface area (Å²) in [6.07, 6.45) is 1.02. The van der Waals surface area contributed by atoms with Crippen molar-refractivity contribution in [2.24, 2.45) is 17.6 Å². The molecule has 0 spiro atoms. The molecule has 1 aliphatic rings. The number of nitrogens with two attached hydrogens (primary N) is 1. The number of carbonyl (C=O) groups excluding carboxylic acids is 2. The molecule has 0 bridgehead atoms. The van der Waals surface area contributed by atoms with Crippen LogP contribution in [-0.2, 0) is 4.79 Å². The average molecular weight is 307 g/mol. The van der Waals surface area contributed by atoms with Gasteiger partial charge < -0.3 is 11.1 Å². The number of nitrogens with zero attached hydrogens (tertiary/aromatic N) is 1. The minimum Gasteiger partial charge on any atom is -0.338 e. The van der Waals surface area contributed by atoms with Crippen molar-refractivity contribution in [1.29, 1.82) is 0 Å². The van der Waals surface area contributed by atoms with Crippen molar-refractivity contribution in [1.82, 2.24) is 15.5 Å². The molecule has 0 aromatic carbocycles. The molecular formula is C13H27ClN4O2. The van der Waals surface area contributed by atoms with Gasteiger partial charge in [-0.15, -0.1) is 12.4 Å². The molecule has 1 heterocycles. The molecule has 0 radical (unpaired) electrons. The minimum atomic E-state index is -0.416. The van der Waals surface area contributed by atoms with Crippen LogP contribution in [0.5, 0.6) is 0 Å². The molecule has 2 unspecified atom stereocenters. The van der Waals surface area contributed by atoms with Crippen molar-refractivity contribution in [3.63, 3.8) is 0 Å². The Kier molecular flexibility index (Phi) is 8.76. The molecule has 6 nitrogen and oxygen atoms in total. The van der Waals surface area contributed by atoms with E-state index in [1.807, 2.05) is 13.8 Å². The number of imide groups is 1. The molecule has 4 N–H and O–H groups in total. The summed E-state index contributed by atoms with van der Waals surface area (Å²) in [5.41, 5.74) is 5.65. The van der Waals surface area contributed by atoms with Crippen LogP contribution in [0.15, 0.2) is 0 Å². The van der Waals surface area contributed by atoms with E-state index in [1.165, 1.54) is 0 Å². The van der Waals surface area contributed by atoms with Gasteiger partial charge in [0.25, 0.3) is 0 Å².